The third-order valence-electron chi connectivity index (χ3n) is 5.32. The van der Waals surface area contributed by atoms with Crippen LogP contribution < -0.4 is 15.0 Å². The summed E-state index contributed by atoms with van der Waals surface area (Å²) in [5.41, 5.74) is 3.37. The van der Waals surface area contributed by atoms with E-state index in [4.69, 9.17) is 9.15 Å². The van der Waals surface area contributed by atoms with Crippen LogP contribution in [0.2, 0.25) is 0 Å². The summed E-state index contributed by atoms with van der Waals surface area (Å²) in [6, 6.07) is 25.6. The molecule has 0 saturated carbocycles. The molecular weight excluding hydrogens is 450 g/mol. The van der Waals surface area contributed by atoms with Gasteiger partial charge in [-0.1, -0.05) is 54.6 Å². The van der Waals surface area contributed by atoms with Crippen molar-refractivity contribution >= 4 is 46.1 Å². The van der Waals surface area contributed by atoms with Crippen molar-refractivity contribution in [3.05, 3.63) is 94.9 Å². The predicted molar refractivity (Wildman–Crippen MR) is 133 cm³/mol. The molecule has 1 saturated heterocycles. The predicted octanol–water partition coefficient (Wildman–Crippen LogP) is 5.41. The fourth-order valence-electron chi connectivity index (χ4n) is 3.61. The second kappa shape index (κ2) is 9.44. The van der Waals surface area contributed by atoms with Crippen molar-refractivity contribution < 1.29 is 18.7 Å². The second-order valence-corrected chi connectivity index (χ2v) is 8.80. The van der Waals surface area contributed by atoms with E-state index in [0.717, 1.165) is 34.0 Å². The number of hydrogen-bond donors (Lipinski definition) is 1. The largest absolute Gasteiger partial charge is 0.484 e. The Labute approximate surface area is 200 Å². The van der Waals surface area contributed by atoms with Crippen LogP contribution in [0.15, 0.2) is 88.2 Å². The van der Waals surface area contributed by atoms with Crippen molar-refractivity contribution in [3.8, 4) is 5.75 Å². The summed E-state index contributed by atoms with van der Waals surface area (Å²) < 4.78 is 12.3. The molecule has 34 heavy (non-hydrogen) atoms. The highest BCUT2D eigenvalue weighted by Crippen LogP contribution is 2.29. The molecule has 1 aromatic heterocycles. The van der Waals surface area contributed by atoms with Gasteiger partial charge in [0, 0.05) is 7.05 Å². The SMILES string of the molecule is CN(CC(Oc1ccc(/C=C2\SC(=O)NC2=O)cc1)c1ccccc1)c1nc2ccccc2o1. The summed E-state index contributed by atoms with van der Waals surface area (Å²) >= 11 is 0.897. The van der Waals surface area contributed by atoms with Crippen LogP contribution in [0, 0.1) is 0 Å². The number of fused-ring (bicyclic) bond motifs is 1. The van der Waals surface area contributed by atoms with Gasteiger partial charge in [0.25, 0.3) is 17.2 Å². The van der Waals surface area contributed by atoms with Gasteiger partial charge in [-0.3, -0.25) is 14.9 Å². The van der Waals surface area contributed by atoms with E-state index >= 15 is 0 Å². The summed E-state index contributed by atoms with van der Waals surface area (Å²) in [7, 11) is 1.92. The molecule has 0 bridgehead atoms. The molecule has 2 heterocycles. The number of rotatable bonds is 7. The quantitative estimate of drug-likeness (QED) is 0.361. The number of nitrogens with zero attached hydrogens (tertiary/aromatic N) is 2. The monoisotopic (exact) mass is 471 g/mol. The number of amides is 2. The molecule has 0 spiro atoms. The molecule has 1 fully saturated rings. The van der Waals surface area contributed by atoms with E-state index in [1.165, 1.54) is 0 Å². The maximum Gasteiger partial charge on any atom is 0.298 e. The summed E-state index contributed by atoms with van der Waals surface area (Å²) in [5, 5.41) is 1.90. The maximum absolute atomic E-state index is 11.8. The standard InChI is InChI=1S/C26H21N3O4S/c1-29(25-27-20-9-5-6-10-21(20)33-25)16-22(18-7-3-2-4-8-18)32-19-13-11-17(12-14-19)15-23-24(30)28-26(31)34-23/h2-15,22H,16H2,1H3,(H,28,30,31)/b23-15-. The van der Waals surface area contributed by atoms with E-state index in [-0.39, 0.29) is 17.3 Å². The molecule has 5 rings (SSSR count). The molecule has 1 unspecified atom stereocenters. The molecule has 7 nitrogen and oxygen atoms in total. The molecule has 8 heteroatoms. The van der Waals surface area contributed by atoms with Gasteiger partial charge in [-0.2, -0.15) is 4.98 Å². The molecule has 3 aromatic carbocycles. The lowest BCUT2D eigenvalue weighted by molar-refractivity contribution is -0.115. The van der Waals surface area contributed by atoms with Crippen molar-refractivity contribution in [1.82, 2.24) is 10.3 Å². The summed E-state index contributed by atoms with van der Waals surface area (Å²) in [4.78, 5) is 30.0. The van der Waals surface area contributed by atoms with Crippen molar-refractivity contribution in [2.24, 2.45) is 0 Å². The van der Waals surface area contributed by atoms with Crippen molar-refractivity contribution in [2.75, 3.05) is 18.5 Å². The molecule has 1 N–H and O–H groups in total. The number of carbonyl (C=O) groups excluding carboxylic acids is 2. The van der Waals surface area contributed by atoms with Crippen LogP contribution in [0.25, 0.3) is 17.2 Å². The Balaban J connectivity index is 1.35. The van der Waals surface area contributed by atoms with Gasteiger partial charge in [-0.15, -0.1) is 0 Å². The number of carbonyl (C=O) groups is 2. The molecule has 170 valence electrons. The number of ether oxygens (including phenoxy) is 1. The number of oxazole rings is 1. The van der Waals surface area contributed by atoms with Crippen LogP contribution in [-0.4, -0.2) is 29.7 Å². The zero-order chi connectivity index (χ0) is 23.5. The number of para-hydroxylation sites is 2. The molecule has 0 aliphatic carbocycles. The Hall–Kier alpha value is -4.04. The Morgan fingerprint density at radius 1 is 1.03 bits per heavy atom. The Morgan fingerprint density at radius 2 is 1.76 bits per heavy atom. The topological polar surface area (TPSA) is 84.7 Å². The lowest BCUT2D eigenvalue weighted by Crippen LogP contribution is -2.27. The Bertz CT molecular complexity index is 1330. The molecular formula is C26H21N3O4S. The average molecular weight is 472 g/mol. The van der Waals surface area contributed by atoms with Crippen molar-refractivity contribution in [2.45, 2.75) is 6.10 Å². The van der Waals surface area contributed by atoms with Crippen molar-refractivity contribution in [3.63, 3.8) is 0 Å². The van der Waals surface area contributed by atoms with Crippen LogP contribution in [0.5, 0.6) is 5.75 Å². The number of hydrogen-bond acceptors (Lipinski definition) is 7. The first-order valence-corrected chi connectivity index (χ1v) is 11.5. The van der Waals surface area contributed by atoms with E-state index in [1.807, 2.05) is 90.8 Å². The van der Waals surface area contributed by atoms with Gasteiger partial charge < -0.3 is 14.1 Å². The van der Waals surface area contributed by atoms with Gasteiger partial charge in [-0.05, 0) is 53.2 Å². The first-order valence-electron chi connectivity index (χ1n) is 10.7. The van der Waals surface area contributed by atoms with Gasteiger partial charge in [-0.25, -0.2) is 0 Å². The molecule has 0 radical (unpaired) electrons. The summed E-state index contributed by atoms with van der Waals surface area (Å²) in [6.45, 7) is 0.515. The minimum atomic E-state index is -0.373. The Morgan fingerprint density at radius 3 is 2.47 bits per heavy atom. The smallest absolute Gasteiger partial charge is 0.298 e. The molecule has 4 aromatic rings. The van der Waals surface area contributed by atoms with E-state index in [0.29, 0.717) is 23.2 Å². The number of imide groups is 1. The van der Waals surface area contributed by atoms with Crippen LogP contribution >= 0.6 is 11.8 Å². The number of benzene rings is 3. The van der Waals surface area contributed by atoms with Gasteiger partial charge in [0.2, 0.25) is 0 Å². The lowest BCUT2D eigenvalue weighted by Gasteiger charge is -2.24. The van der Waals surface area contributed by atoms with E-state index in [9.17, 15) is 9.59 Å². The third kappa shape index (κ3) is 4.82. The molecule has 1 atom stereocenters. The minimum absolute atomic E-state index is 0.279. The van der Waals surface area contributed by atoms with E-state index in [2.05, 4.69) is 10.3 Å². The zero-order valence-corrected chi connectivity index (χ0v) is 19.1. The fraction of sp³-hybridized carbons (Fsp3) is 0.115. The number of nitrogens with one attached hydrogen (secondary N) is 1. The van der Waals surface area contributed by atoms with Gasteiger partial charge in [0.15, 0.2) is 5.58 Å². The highest BCUT2D eigenvalue weighted by molar-refractivity contribution is 8.18. The molecule has 1 aliphatic rings. The van der Waals surface area contributed by atoms with Crippen LogP contribution in [0.3, 0.4) is 0 Å². The van der Waals surface area contributed by atoms with Gasteiger partial charge >= 0.3 is 0 Å². The third-order valence-corrected chi connectivity index (χ3v) is 6.13. The number of likely N-dealkylation sites (N-methyl/N-ethyl adjacent to an activating group) is 1. The number of thioether (sulfide) groups is 1. The van der Waals surface area contributed by atoms with Gasteiger partial charge in [0.1, 0.15) is 17.4 Å². The number of anilines is 1. The highest BCUT2D eigenvalue weighted by atomic mass is 32.2. The lowest BCUT2D eigenvalue weighted by atomic mass is 10.1. The Kier molecular flexibility index (Phi) is 6.05. The van der Waals surface area contributed by atoms with Crippen molar-refractivity contribution in [1.29, 1.82) is 0 Å². The van der Waals surface area contributed by atoms with E-state index in [1.54, 1.807) is 6.08 Å². The summed E-state index contributed by atoms with van der Waals surface area (Å²) in [5.74, 6) is 0.309. The maximum atomic E-state index is 11.8. The van der Waals surface area contributed by atoms with Crippen LogP contribution in [0.4, 0.5) is 10.8 Å². The zero-order valence-electron chi connectivity index (χ0n) is 18.3. The van der Waals surface area contributed by atoms with Gasteiger partial charge in [0.05, 0.1) is 11.4 Å². The average Bonchev–Trinajstić information content (AvgIpc) is 3.42. The van der Waals surface area contributed by atoms with E-state index < -0.39 is 0 Å². The highest BCUT2D eigenvalue weighted by Gasteiger charge is 2.25. The molecule has 1 aliphatic heterocycles. The summed E-state index contributed by atoms with van der Waals surface area (Å²) in [6.07, 6.45) is 1.41. The second-order valence-electron chi connectivity index (χ2n) is 7.78. The first kappa shape index (κ1) is 21.8. The normalized spacial score (nSPS) is 15.5. The first-order chi connectivity index (χ1) is 16.5. The fourth-order valence-corrected chi connectivity index (χ4v) is 4.29. The van der Waals surface area contributed by atoms with Crippen LogP contribution in [0.1, 0.15) is 17.2 Å². The number of aromatic nitrogens is 1. The van der Waals surface area contributed by atoms with Crippen LogP contribution in [-0.2, 0) is 4.79 Å². The minimum Gasteiger partial charge on any atom is -0.484 e. The molecule has 2 amide bonds.